The van der Waals surface area contributed by atoms with Gasteiger partial charge in [0.25, 0.3) is 0 Å². The van der Waals surface area contributed by atoms with E-state index < -0.39 is 0 Å². The minimum atomic E-state index is 0.624. The molecule has 0 aliphatic rings. The molecule has 4 nitrogen and oxygen atoms in total. The van der Waals surface area contributed by atoms with Crippen molar-refractivity contribution in [2.75, 3.05) is 24.7 Å². The fourth-order valence-electron chi connectivity index (χ4n) is 1.65. The summed E-state index contributed by atoms with van der Waals surface area (Å²) in [5, 5.41) is 6.94. The molecule has 2 N–H and O–H groups in total. The molecule has 2 aromatic rings. The molecule has 1 heterocycles. The van der Waals surface area contributed by atoms with Gasteiger partial charge in [0.1, 0.15) is 11.5 Å². The van der Waals surface area contributed by atoms with Gasteiger partial charge in [-0.15, -0.1) is 0 Å². The van der Waals surface area contributed by atoms with E-state index in [1.165, 1.54) is 0 Å². The van der Waals surface area contributed by atoms with Crippen molar-refractivity contribution in [1.82, 2.24) is 5.32 Å². The van der Waals surface area contributed by atoms with Gasteiger partial charge in [-0.1, -0.05) is 0 Å². The third-order valence-corrected chi connectivity index (χ3v) is 3.93. The van der Waals surface area contributed by atoms with Crippen molar-refractivity contribution >= 4 is 34.8 Å². The molecule has 0 fully saturated rings. The first-order valence-electron chi connectivity index (χ1n) is 6.57. The summed E-state index contributed by atoms with van der Waals surface area (Å²) in [5.74, 6) is 3.67. The van der Waals surface area contributed by atoms with E-state index in [1.54, 1.807) is 25.1 Å². The minimum Gasteiger partial charge on any atom is -0.497 e. The van der Waals surface area contributed by atoms with Gasteiger partial charge in [0.15, 0.2) is 5.11 Å². The molecular formula is C15H18N2O2S2. The van der Waals surface area contributed by atoms with Gasteiger partial charge in [0.2, 0.25) is 0 Å². The van der Waals surface area contributed by atoms with Crippen LogP contribution in [0.5, 0.6) is 5.75 Å². The summed E-state index contributed by atoms with van der Waals surface area (Å²) in [7, 11) is 1.65. The second-order valence-corrected chi connectivity index (χ2v) is 5.75. The third-order valence-electron chi connectivity index (χ3n) is 2.70. The molecule has 21 heavy (non-hydrogen) atoms. The zero-order valence-corrected chi connectivity index (χ0v) is 13.4. The van der Waals surface area contributed by atoms with E-state index in [2.05, 4.69) is 10.6 Å². The lowest BCUT2D eigenvalue weighted by Crippen LogP contribution is -2.30. The van der Waals surface area contributed by atoms with E-state index in [0.717, 1.165) is 35.2 Å². The van der Waals surface area contributed by atoms with Gasteiger partial charge in [-0.25, -0.2) is 0 Å². The first kappa shape index (κ1) is 15.7. The molecule has 0 aliphatic heterocycles. The lowest BCUT2D eigenvalue weighted by Gasteiger charge is -2.10. The van der Waals surface area contributed by atoms with Gasteiger partial charge in [0.05, 0.1) is 19.1 Å². The first-order chi connectivity index (χ1) is 10.3. The Labute approximate surface area is 134 Å². The number of nitrogens with one attached hydrogen (secondary N) is 2. The molecule has 112 valence electrons. The summed E-state index contributed by atoms with van der Waals surface area (Å²) in [6.45, 7) is 0.813. The van der Waals surface area contributed by atoms with E-state index in [4.69, 9.17) is 21.4 Å². The normalized spacial score (nSPS) is 10.1. The average Bonchev–Trinajstić information content (AvgIpc) is 3.01. The van der Waals surface area contributed by atoms with E-state index in [0.29, 0.717) is 5.11 Å². The number of hydrogen-bond acceptors (Lipinski definition) is 4. The molecule has 0 aliphatic carbocycles. The predicted molar refractivity (Wildman–Crippen MR) is 92.1 cm³/mol. The quantitative estimate of drug-likeness (QED) is 0.601. The molecule has 2 rings (SSSR count). The largest absolute Gasteiger partial charge is 0.497 e. The van der Waals surface area contributed by atoms with E-state index in [-0.39, 0.29) is 0 Å². The molecule has 0 radical (unpaired) electrons. The summed E-state index contributed by atoms with van der Waals surface area (Å²) in [4.78, 5) is 0. The number of thiocarbonyl (C=S) groups is 1. The highest BCUT2D eigenvalue weighted by atomic mass is 32.2. The molecule has 0 spiro atoms. The number of hydrogen-bond donors (Lipinski definition) is 2. The minimum absolute atomic E-state index is 0.624. The summed E-state index contributed by atoms with van der Waals surface area (Å²) in [5.41, 5.74) is 0.941. The van der Waals surface area contributed by atoms with Crippen molar-refractivity contribution in [3.05, 3.63) is 48.4 Å². The van der Waals surface area contributed by atoms with Crippen LogP contribution in [0.25, 0.3) is 0 Å². The van der Waals surface area contributed by atoms with Crippen molar-refractivity contribution in [3.63, 3.8) is 0 Å². The van der Waals surface area contributed by atoms with Crippen LogP contribution in [0.2, 0.25) is 0 Å². The molecule has 1 aromatic carbocycles. The Morgan fingerprint density at radius 1 is 1.29 bits per heavy atom. The SMILES string of the molecule is COc1ccc(NC(=S)NCCSCc2ccco2)cc1. The Hall–Kier alpha value is -1.66. The molecule has 1 aromatic heterocycles. The molecule has 0 saturated heterocycles. The number of thioether (sulfide) groups is 1. The number of anilines is 1. The van der Waals surface area contributed by atoms with E-state index >= 15 is 0 Å². The van der Waals surface area contributed by atoms with Gasteiger partial charge >= 0.3 is 0 Å². The fraction of sp³-hybridized carbons (Fsp3) is 0.267. The average molecular weight is 322 g/mol. The maximum atomic E-state index is 5.27. The molecule has 0 bridgehead atoms. The number of methoxy groups -OCH3 is 1. The first-order valence-corrected chi connectivity index (χ1v) is 8.13. The summed E-state index contributed by atoms with van der Waals surface area (Å²) in [6.07, 6.45) is 1.70. The number of furan rings is 1. The molecule has 6 heteroatoms. The highest BCUT2D eigenvalue weighted by Crippen LogP contribution is 2.15. The van der Waals surface area contributed by atoms with Crippen LogP contribution >= 0.6 is 24.0 Å². The van der Waals surface area contributed by atoms with Crippen molar-refractivity contribution in [3.8, 4) is 5.75 Å². The van der Waals surface area contributed by atoms with Gasteiger partial charge in [0, 0.05) is 18.0 Å². The third kappa shape index (κ3) is 5.69. The monoisotopic (exact) mass is 322 g/mol. The van der Waals surface area contributed by atoms with Crippen LogP contribution in [0, 0.1) is 0 Å². The lowest BCUT2D eigenvalue weighted by atomic mass is 10.3. The molecule has 0 unspecified atom stereocenters. The zero-order chi connectivity index (χ0) is 14.9. The summed E-state index contributed by atoms with van der Waals surface area (Å²) >= 11 is 7.05. The van der Waals surface area contributed by atoms with Crippen LogP contribution < -0.4 is 15.4 Å². The Morgan fingerprint density at radius 2 is 2.10 bits per heavy atom. The molecular weight excluding hydrogens is 304 g/mol. The Bertz CT molecular complexity index is 541. The molecule has 0 amide bonds. The van der Waals surface area contributed by atoms with Crippen LogP contribution in [0.3, 0.4) is 0 Å². The van der Waals surface area contributed by atoms with Crippen LogP contribution in [0.1, 0.15) is 5.76 Å². The molecule has 0 saturated carbocycles. The van der Waals surface area contributed by atoms with Crippen LogP contribution in [0.4, 0.5) is 5.69 Å². The van der Waals surface area contributed by atoms with Gasteiger partial charge in [-0.2, -0.15) is 11.8 Å². The smallest absolute Gasteiger partial charge is 0.170 e. The van der Waals surface area contributed by atoms with Crippen LogP contribution in [0.15, 0.2) is 47.1 Å². The number of rotatable bonds is 7. The van der Waals surface area contributed by atoms with E-state index in [9.17, 15) is 0 Å². The maximum Gasteiger partial charge on any atom is 0.170 e. The van der Waals surface area contributed by atoms with Crippen molar-refractivity contribution < 1.29 is 9.15 Å². The second kappa shape index (κ2) is 8.59. The zero-order valence-electron chi connectivity index (χ0n) is 11.8. The molecule has 0 atom stereocenters. The highest BCUT2D eigenvalue weighted by molar-refractivity contribution is 7.98. The Morgan fingerprint density at radius 3 is 2.76 bits per heavy atom. The summed E-state index contributed by atoms with van der Waals surface area (Å²) in [6, 6.07) is 11.5. The standard InChI is InChI=1S/C15H18N2O2S2/c1-18-13-6-4-12(5-7-13)17-15(20)16-8-10-21-11-14-3-2-9-19-14/h2-7,9H,8,10-11H2,1H3,(H2,16,17,20). The van der Waals surface area contributed by atoms with E-state index in [1.807, 2.05) is 36.4 Å². The number of benzene rings is 1. The lowest BCUT2D eigenvalue weighted by molar-refractivity contribution is 0.415. The van der Waals surface area contributed by atoms with Crippen LogP contribution in [-0.4, -0.2) is 24.5 Å². The Balaban J connectivity index is 1.60. The van der Waals surface area contributed by atoms with Gasteiger partial charge < -0.3 is 19.8 Å². The second-order valence-electron chi connectivity index (χ2n) is 4.24. The predicted octanol–water partition coefficient (Wildman–Crippen LogP) is 3.51. The van der Waals surface area contributed by atoms with Crippen LogP contribution in [-0.2, 0) is 5.75 Å². The topological polar surface area (TPSA) is 46.4 Å². The van der Waals surface area contributed by atoms with Crippen molar-refractivity contribution in [2.24, 2.45) is 0 Å². The van der Waals surface area contributed by atoms with Crippen molar-refractivity contribution in [2.45, 2.75) is 5.75 Å². The van der Waals surface area contributed by atoms with Gasteiger partial charge in [-0.05, 0) is 48.6 Å². The Kier molecular flexibility index (Phi) is 6.43. The fourth-order valence-corrected chi connectivity index (χ4v) is 2.63. The highest BCUT2D eigenvalue weighted by Gasteiger charge is 1.99. The van der Waals surface area contributed by atoms with Crippen molar-refractivity contribution in [1.29, 1.82) is 0 Å². The maximum absolute atomic E-state index is 5.27. The summed E-state index contributed by atoms with van der Waals surface area (Å²) < 4.78 is 10.4. The number of ether oxygens (including phenoxy) is 1. The van der Waals surface area contributed by atoms with Gasteiger partial charge in [-0.3, -0.25) is 0 Å².